The van der Waals surface area contributed by atoms with Gasteiger partial charge in [-0.15, -0.1) is 48.3 Å². The third kappa shape index (κ3) is 2.17. The monoisotopic (exact) mass is 316 g/mol. The van der Waals surface area contributed by atoms with Crippen LogP contribution in [0.15, 0.2) is 0 Å². The maximum atomic E-state index is 12.6. The molecule has 0 fully saturated rings. The van der Waals surface area contributed by atoms with Gasteiger partial charge in [-0.25, -0.2) is 4.79 Å². The lowest BCUT2D eigenvalue weighted by molar-refractivity contribution is -1.21. The van der Waals surface area contributed by atoms with Crippen LogP contribution in [0.4, 0.5) is 48.3 Å². The minimum atomic E-state index is -7.70. The molecule has 114 valence electrons. The molecule has 0 saturated carbocycles. The van der Waals surface area contributed by atoms with Gasteiger partial charge in [0.05, 0.1) is 0 Å². The van der Waals surface area contributed by atoms with E-state index in [4.69, 9.17) is 5.11 Å². The van der Waals surface area contributed by atoms with Crippen molar-refractivity contribution < 1.29 is 62.7 Å². The van der Waals surface area contributed by atoms with Crippen LogP contribution in [-0.2, 0) is 4.79 Å². The molecular formula is C5HF11NO2+. The van der Waals surface area contributed by atoms with E-state index < -0.39 is 35.4 Å². The van der Waals surface area contributed by atoms with E-state index in [9.17, 15) is 53.1 Å². The third-order valence-corrected chi connectivity index (χ3v) is 1.82. The molecule has 0 atom stereocenters. The normalized spacial score (nSPS) is 15.5. The van der Waals surface area contributed by atoms with Gasteiger partial charge in [-0.2, -0.15) is 0 Å². The van der Waals surface area contributed by atoms with Gasteiger partial charge in [-0.05, 0) is 0 Å². The van der Waals surface area contributed by atoms with Crippen molar-refractivity contribution in [3.05, 3.63) is 0 Å². The smallest absolute Gasteiger partial charge is 0.472 e. The highest BCUT2D eigenvalue weighted by Gasteiger charge is 2.96. The Bertz CT molecular complexity index is 327. The van der Waals surface area contributed by atoms with Crippen molar-refractivity contribution in [1.82, 2.24) is 0 Å². The highest BCUT2D eigenvalue weighted by molar-refractivity contribution is 5.73. The second kappa shape index (κ2) is 4.08. The standard InChI is InChI=1S/C5F11NO2/c6-2(7,1(18)19)17(3(8,9)10,4(11,12)13)5(14,15)16/p+1. The number of rotatable bonds is 2. The molecule has 0 aromatic carbocycles. The van der Waals surface area contributed by atoms with Gasteiger partial charge in [0.25, 0.3) is 0 Å². The van der Waals surface area contributed by atoms with Crippen molar-refractivity contribution in [2.75, 3.05) is 0 Å². The molecule has 0 saturated heterocycles. The number of carboxylic acids is 1. The topological polar surface area (TPSA) is 37.3 Å². The minimum absolute atomic E-state index is 4.24. The number of quaternary nitrogens is 1. The quantitative estimate of drug-likeness (QED) is 0.483. The number of hydrogen-bond donors (Lipinski definition) is 1. The fraction of sp³-hybridized carbons (Fsp3) is 0.800. The molecule has 0 amide bonds. The van der Waals surface area contributed by atoms with E-state index in [2.05, 4.69) is 0 Å². The summed E-state index contributed by atoms with van der Waals surface area (Å²) >= 11 is 0. The maximum absolute atomic E-state index is 12.6. The van der Waals surface area contributed by atoms with Crippen LogP contribution in [0.25, 0.3) is 0 Å². The number of nitrogens with zero attached hydrogens (tertiary/aromatic N) is 1. The molecule has 0 aliphatic carbocycles. The summed E-state index contributed by atoms with van der Waals surface area (Å²) in [6.07, 6.45) is -23.1. The number of aliphatic carboxylic acids is 1. The molecule has 0 aliphatic heterocycles. The lowest BCUT2D eigenvalue weighted by Gasteiger charge is -2.40. The molecular weight excluding hydrogens is 315 g/mol. The summed E-state index contributed by atoms with van der Waals surface area (Å²) in [7, 11) is 0. The number of carboxylic acid groups (broad SMARTS) is 1. The van der Waals surface area contributed by atoms with Crippen molar-refractivity contribution in [2.45, 2.75) is 24.9 Å². The number of carbonyl (C=O) groups is 1. The van der Waals surface area contributed by atoms with Crippen molar-refractivity contribution in [3.63, 3.8) is 0 Å². The summed E-state index contributed by atoms with van der Waals surface area (Å²) in [5, 5.41) is 7.60. The molecule has 0 spiro atoms. The molecule has 0 aliphatic rings. The fourth-order valence-corrected chi connectivity index (χ4v) is 1.05. The largest absolute Gasteiger partial charge is 0.581 e. The first-order valence-electron chi connectivity index (χ1n) is 3.65. The third-order valence-electron chi connectivity index (χ3n) is 1.82. The number of halogens is 11. The lowest BCUT2D eigenvalue weighted by Crippen LogP contribution is -2.81. The predicted molar refractivity (Wildman–Crippen MR) is 31.0 cm³/mol. The second-order valence-electron chi connectivity index (χ2n) is 2.92. The van der Waals surface area contributed by atoms with E-state index in [1.165, 1.54) is 0 Å². The van der Waals surface area contributed by atoms with Crippen molar-refractivity contribution >= 4 is 5.97 Å². The SMILES string of the molecule is O=C(O)C(F)(F)[N+](C(F)(F)F)(C(F)(F)F)C(F)(F)F. The highest BCUT2D eigenvalue weighted by Crippen LogP contribution is 2.58. The first kappa shape index (κ1) is 17.7. The molecule has 0 bridgehead atoms. The first-order chi connectivity index (χ1) is 7.94. The van der Waals surface area contributed by atoms with Gasteiger partial charge in [-0.3, -0.25) is 0 Å². The Balaban J connectivity index is 6.72. The molecule has 19 heavy (non-hydrogen) atoms. The van der Waals surface area contributed by atoms with E-state index >= 15 is 0 Å². The Kier molecular flexibility index (Phi) is 3.79. The van der Waals surface area contributed by atoms with Crippen molar-refractivity contribution in [2.24, 2.45) is 0 Å². The van der Waals surface area contributed by atoms with Crippen LogP contribution in [0, 0.1) is 0 Å². The molecule has 0 aromatic rings. The van der Waals surface area contributed by atoms with Gasteiger partial charge in [-0.1, -0.05) is 0 Å². The summed E-state index contributed by atoms with van der Waals surface area (Å²) < 4.78 is 126. The van der Waals surface area contributed by atoms with E-state index in [0.717, 1.165) is 0 Å². The summed E-state index contributed by atoms with van der Waals surface area (Å²) in [6, 6.07) is -7.26. The summed E-state index contributed by atoms with van der Waals surface area (Å²) in [5.41, 5.74) is 0. The van der Waals surface area contributed by atoms with Gasteiger partial charge < -0.3 is 5.11 Å². The van der Waals surface area contributed by atoms with E-state index in [1.54, 1.807) is 0 Å². The highest BCUT2D eigenvalue weighted by atomic mass is 19.4. The summed E-state index contributed by atoms with van der Waals surface area (Å²) in [4.78, 5) is 9.74. The van der Waals surface area contributed by atoms with Gasteiger partial charge in [0, 0.05) is 4.48 Å². The Morgan fingerprint density at radius 3 is 0.947 bits per heavy atom. The molecule has 14 heteroatoms. The minimum Gasteiger partial charge on any atom is -0.472 e. The molecule has 0 unspecified atom stereocenters. The van der Waals surface area contributed by atoms with E-state index in [1.807, 2.05) is 0 Å². The van der Waals surface area contributed by atoms with Crippen molar-refractivity contribution in [3.8, 4) is 0 Å². The summed E-state index contributed by atoms with van der Waals surface area (Å²) in [6.45, 7) is 0. The number of alkyl halides is 11. The van der Waals surface area contributed by atoms with Crippen LogP contribution in [0.5, 0.6) is 0 Å². The fourth-order valence-electron chi connectivity index (χ4n) is 1.05. The van der Waals surface area contributed by atoms with Crippen LogP contribution in [0.3, 0.4) is 0 Å². The molecule has 0 radical (unpaired) electrons. The first-order valence-corrected chi connectivity index (χ1v) is 3.65. The van der Waals surface area contributed by atoms with Crippen LogP contribution in [-0.4, -0.2) is 40.5 Å². The van der Waals surface area contributed by atoms with Gasteiger partial charge in [0.1, 0.15) is 0 Å². The average molecular weight is 316 g/mol. The Morgan fingerprint density at radius 2 is 0.895 bits per heavy atom. The second-order valence-corrected chi connectivity index (χ2v) is 2.92. The Labute approximate surface area is 94.9 Å². The predicted octanol–water partition coefficient (Wildman–Crippen LogP) is 3.04. The zero-order valence-corrected chi connectivity index (χ0v) is 7.96. The zero-order valence-electron chi connectivity index (χ0n) is 7.96. The maximum Gasteiger partial charge on any atom is 0.581 e. The molecule has 0 aromatic heterocycles. The van der Waals surface area contributed by atoms with Gasteiger partial charge in [0.2, 0.25) is 0 Å². The van der Waals surface area contributed by atoms with E-state index in [-0.39, 0.29) is 0 Å². The van der Waals surface area contributed by atoms with Crippen LogP contribution >= 0.6 is 0 Å². The number of hydrogen-bond acceptors (Lipinski definition) is 1. The zero-order chi connectivity index (χ0) is 16.1. The van der Waals surface area contributed by atoms with Crippen molar-refractivity contribution in [1.29, 1.82) is 0 Å². The van der Waals surface area contributed by atoms with E-state index in [0.29, 0.717) is 0 Å². The summed E-state index contributed by atoms with van der Waals surface area (Å²) in [5.74, 6) is -4.24. The van der Waals surface area contributed by atoms with Crippen LogP contribution in [0.2, 0.25) is 0 Å². The van der Waals surface area contributed by atoms with Crippen LogP contribution in [0.1, 0.15) is 0 Å². The Hall–Kier alpha value is -1.34. The molecule has 0 heterocycles. The molecule has 0 rings (SSSR count). The molecule has 3 nitrogen and oxygen atoms in total. The molecule has 1 N–H and O–H groups in total. The average Bonchev–Trinajstić information content (AvgIpc) is 1.92. The van der Waals surface area contributed by atoms with Gasteiger partial charge >= 0.3 is 30.9 Å². The Morgan fingerprint density at radius 1 is 0.684 bits per heavy atom. The van der Waals surface area contributed by atoms with Crippen LogP contribution < -0.4 is 0 Å². The van der Waals surface area contributed by atoms with Gasteiger partial charge in [0.15, 0.2) is 0 Å². The lowest BCUT2D eigenvalue weighted by atomic mass is 10.3.